The van der Waals surface area contributed by atoms with Gasteiger partial charge in [-0.25, -0.2) is 4.39 Å². The van der Waals surface area contributed by atoms with Gasteiger partial charge in [0.1, 0.15) is 5.82 Å². The predicted octanol–water partition coefficient (Wildman–Crippen LogP) is 4.04. The van der Waals surface area contributed by atoms with Gasteiger partial charge in [0, 0.05) is 36.6 Å². The van der Waals surface area contributed by atoms with Gasteiger partial charge in [-0.2, -0.15) is 13.2 Å². The molecule has 21 heavy (non-hydrogen) atoms. The Kier molecular flexibility index (Phi) is 5.54. The van der Waals surface area contributed by atoms with Gasteiger partial charge in [-0.05, 0) is 31.5 Å². The number of hydrogen-bond acceptors (Lipinski definition) is 2. The van der Waals surface area contributed by atoms with E-state index in [0.717, 1.165) is 13.1 Å². The second-order valence-corrected chi connectivity index (χ2v) is 4.61. The highest BCUT2D eigenvalue weighted by Gasteiger charge is 2.30. The Hall–Kier alpha value is -1.82. The van der Waals surface area contributed by atoms with Crippen molar-refractivity contribution >= 4 is 5.70 Å². The largest absolute Gasteiger partial charge is 0.413 e. The van der Waals surface area contributed by atoms with Crippen LogP contribution in [0.3, 0.4) is 0 Å². The van der Waals surface area contributed by atoms with Crippen LogP contribution in [-0.4, -0.2) is 18.1 Å². The molecule has 0 saturated carbocycles. The van der Waals surface area contributed by atoms with Gasteiger partial charge in [-0.3, -0.25) is 0 Å². The van der Waals surface area contributed by atoms with Crippen LogP contribution in [0.25, 0.3) is 5.70 Å². The number of benzene rings is 1. The first-order valence-corrected chi connectivity index (χ1v) is 6.34. The van der Waals surface area contributed by atoms with Crippen molar-refractivity contribution in [2.24, 2.45) is 5.73 Å². The Morgan fingerprint density at radius 1 is 1.33 bits per heavy atom. The van der Waals surface area contributed by atoms with Crippen molar-refractivity contribution in [3.05, 3.63) is 53.0 Å². The van der Waals surface area contributed by atoms with Crippen molar-refractivity contribution < 1.29 is 17.6 Å². The van der Waals surface area contributed by atoms with Gasteiger partial charge >= 0.3 is 6.18 Å². The van der Waals surface area contributed by atoms with Crippen LogP contribution in [-0.2, 0) is 6.54 Å². The van der Waals surface area contributed by atoms with Crippen LogP contribution in [0.5, 0.6) is 0 Å². The summed E-state index contributed by atoms with van der Waals surface area (Å²) in [5.74, 6) is -0.518. The molecular formula is C15H18F4N2. The zero-order valence-corrected chi connectivity index (χ0v) is 12.1. The number of hydrogen-bond donors (Lipinski definition) is 1. The van der Waals surface area contributed by atoms with E-state index in [-0.39, 0.29) is 12.1 Å². The lowest BCUT2D eigenvalue weighted by Gasteiger charge is -2.21. The number of halogens is 4. The number of alkyl halides is 3. The van der Waals surface area contributed by atoms with Gasteiger partial charge in [0.2, 0.25) is 0 Å². The van der Waals surface area contributed by atoms with Crippen LogP contribution in [0.1, 0.15) is 25.0 Å². The summed E-state index contributed by atoms with van der Waals surface area (Å²) >= 11 is 0. The van der Waals surface area contributed by atoms with Crippen LogP contribution in [0.15, 0.2) is 36.0 Å². The molecule has 0 heterocycles. The average molecular weight is 302 g/mol. The van der Waals surface area contributed by atoms with E-state index in [0.29, 0.717) is 11.3 Å². The van der Waals surface area contributed by atoms with Gasteiger partial charge < -0.3 is 10.6 Å². The van der Waals surface area contributed by atoms with Crippen LogP contribution >= 0.6 is 0 Å². The van der Waals surface area contributed by atoms with E-state index >= 15 is 0 Å². The van der Waals surface area contributed by atoms with E-state index in [9.17, 15) is 17.6 Å². The lowest BCUT2D eigenvalue weighted by Crippen LogP contribution is -2.16. The molecule has 0 radical (unpaired) electrons. The van der Waals surface area contributed by atoms with E-state index < -0.39 is 17.6 Å². The molecule has 1 aromatic carbocycles. The minimum Gasteiger partial charge on any atom is -0.350 e. The minimum absolute atomic E-state index is 0.200. The van der Waals surface area contributed by atoms with Gasteiger partial charge in [0.15, 0.2) is 0 Å². The maximum absolute atomic E-state index is 14.0. The summed E-state index contributed by atoms with van der Waals surface area (Å²) < 4.78 is 51.7. The zero-order chi connectivity index (χ0) is 16.2. The van der Waals surface area contributed by atoms with Crippen molar-refractivity contribution in [3.8, 4) is 0 Å². The van der Waals surface area contributed by atoms with Crippen LogP contribution < -0.4 is 5.73 Å². The Bertz CT molecular complexity index is 559. The second-order valence-electron chi connectivity index (χ2n) is 4.61. The first-order valence-electron chi connectivity index (χ1n) is 6.34. The van der Waals surface area contributed by atoms with Crippen LogP contribution in [0.2, 0.25) is 0 Å². The molecule has 0 fully saturated rings. The van der Waals surface area contributed by atoms with Crippen LogP contribution in [0.4, 0.5) is 17.6 Å². The zero-order valence-electron chi connectivity index (χ0n) is 12.1. The average Bonchev–Trinajstić information content (AvgIpc) is 2.40. The molecule has 1 rings (SSSR count). The lowest BCUT2D eigenvalue weighted by atomic mass is 10.1. The third-order valence-corrected chi connectivity index (χ3v) is 3.03. The summed E-state index contributed by atoms with van der Waals surface area (Å²) in [5.41, 5.74) is 5.86. The fraction of sp³-hybridized carbons (Fsp3) is 0.333. The predicted molar refractivity (Wildman–Crippen MR) is 75.5 cm³/mol. The summed E-state index contributed by atoms with van der Waals surface area (Å²) in [5, 5.41) is 0. The summed E-state index contributed by atoms with van der Waals surface area (Å²) in [6, 6.07) is 4.45. The molecule has 0 aliphatic rings. The standard InChI is InChI=1S/C15H18F4N2/c1-4-14(21(3)9-10(2)15(17,18)19)12-6-5-11(8-20)7-13(12)16/h4-7,9H,8,20H2,1-3H3/b10-9+,14-4+. The molecule has 2 nitrogen and oxygen atoms in total. The molecule has 0 spiro atoms. The molecule has 6 heteroatoms. The van der Waals surface area contributed by atoms with E-state index in [2.05, 4.69) is 0 Å². The molecule has 0 aliphatic carbocycles. The second kappa shape index (κ2) is 6.76. The van der Waals surface area contributed by atoms with Crippen molar-refractivity contribution in [1.82, 2.24) is 4.90 Å². The van der Waals surface area contributed by atoms with Crippen molar-refractivity contribution in [2.75, 3.05) is 7.05 Å². The minimum atomic E-state index is -4.41. The van der Waals surface area contributed by atoms with E-state index in [4.69, 9.17) is 5.73 Å². The molecule has 0 saturated heterocycles. The molecule has 0 atom stereocenters. The van der Waals surface area contributed by atoms with Gasteiger partial charge in [0.25, 0.3) is 0 Å². The highest BCUT2D eigenvalue weighted by molar-refractivity contribution is 5.65. The van der Waals surface area contributed by atoms with Gasteiger partial charge in [-0.15, -0.1) is 0 Å². The first-order chi connectivity index (χ1) is 9.70. The maximum Gasteiger partial charge on any atom is 0.413 e. The molecule has 2 N–H and O–H groups in total. The SMILES string of the molecule is C/C=C(\c1ccc(CN)cc1F)N(C)/C=C(\C)C(F)(F)F. The molecule has 0 aliphatic heterocycles. The van der Waals surface area contributed by atoms with E-state index in [1.807, 2.05) is 0 Å². The number of nitrogens with zero attached hydrogens (tertiary/aromatic N) is 1. The number of allylic oxidation sites excluding steroid dienone is 2. The van der Waals surface area contributed by atoms with Gasteiger partial charge in [0.05, 0.1) is 0 Å². The monoisotopic (exact) mass is 302 g/mol. The third-order valence-electron chi connectivity index (χ3n) is 3.03. The highest BCUT2D eigenvalue weighted by atomic mass is 19.4. The smallest absolute Gasteiger partial charge is 0.350 e. The summed E-state index contributed by atoms with van der Waals surface area (Å²) in [6.45, 7) is 2.81. The molecule has 0 aromatic heterocycles. The van der Waals surface area contributed by atoms with E-state index in [1.54, 1.807) is 19.1 Å². The molecule has 0 bridgehead atoms. The summed E-state index contributed by atoms with van der Waals surface area (Å²) in [7, 11) is 1.45. The normalized spacial score (nSPS) is 13.5. The third kappa shape index (κ3) is 4.32. The maximum atomic E-state index is 14.0. The summed E-state index contributed by atoms with van der Waals surface area (Å²) in [6.07, 6.45) is -1.92. The topological polar surface area (TPSA) is 29.3 Å². The Balaban J connectivity index is 3.15. The number of nitrogens with two attached hydrogens (primary N) is 1. The van der Waals surface area contributed by atoms with Crippen LogP contribution in [0, 0.1) is 5.82 Å². The quantitative estimate of drug-likeness (QED) is 0.850. The molecule has 1 aromatic rings. The fourth-order valence-corrected chi connectivity index (χ4v) is 1.88. The highest BCUT2D eigenvalue weighted by Crippen LogP contribution is 2.28. The van der Waals surface area contributed by atoms with Crippen molar-refractivity contribution in [1.29, 1.82) is 0 Å². The fourth-order valence-electron chi connectivity index (χ4n) is 1.88. The van der Waals surface area contributed by atoms with Crippen molar-refractivity contribution in [2.45, 2.75) is 26.6 Å². The number of rotatable bonds is 4. The van der Waals surface area contributed by atoms with Gasteiger partial charge in [-0.1, -0.05) is 12.1 Å². The molecule has 0 unspecified atom stereocenters. The molecule has 116 valence electrons. The van der Waals surface area contributed by atoms with E-state index in [1.165, 1.54) is 24.1 Å². The Labute approximate surface area is 121 Å². The Morgan fingerprint density at radius 2 is 1.95 bits per heavy atom. The summed E-state index contributed by atoms with van der Waals surface area (Å²) in [4.78, 5) is 1.25. The molecule has 0 amide bonds. The molecular weight excluding hydrogens is 284 g/mol. The first kappa shape index (κ1) is 17.2. The lowest BCUT2D eigenvalue weighted by molar-refractivity contribution is -0.0921. The van der Waals surface area contributed by atoms with Crippen molar-refractivity contribution in [3.63, 3.8) is 0 Å². The Morgan fingerprint density at radius 3 is 2.38 bits per heavy atom.